The molecule has 24 heavy (non-hydrogen) atoms. The van der Waals surface area contributed by atoms with Crippen LogP contribution in [0, 0.1) is 5.92 Å². The summed E-state index contributed by atoms with van der Waals surface area (Å²) in [5, 5.41) is 2.75. The lowest BCUT2D eigenvalue weighted by molar-refractivity contribution is -0.133. The number of aromatic nitrogens is 2. The Labute approximate surface area is 143 Å². The highest BCUT2D eigenvalue weighted by Gasteiger charge is 2.33. The molecule has 6 nitrogen and oxygen atoms in total. The van der Waals surface area contributed by atoms with Crippen LogP contribution in [0.2, 0.25) is 0 Å². The zero-order chi connectivity index (χ0) is 16.9. The van der Waals surface area contributed by atoms with Gasteiger partial charge in [0.2, 0.25) is 11.8 Å². The van der Waals surface area contributed by atoms with Crippen LogP contribution in [0.25, 0.3) is 0 Å². The van der Waals surface area contributed by atoms with Crippen molar-refractivity contribution >= 4 is 11.8 Å². The average Bonchev–Trinajstić information content (AvgIpc) is 3.24. The van der Waals surface area contributed by atoms with Crippen LogP contribution in [-0.2, 0) is 16.1 Å². The summed E-state index contributed by atoms with van der Waals surface area (Å²) >= 11 is 0. The number of hydrogen-bond acceptors (Lipinski definition) is 4. The second-order valence-corrected chi connectivity index (χ2v) is 6.92. The van der Waals surface area contributed by atoms with Gasteiger partial charge in [-0.15, -0.1) is 0 Å². The molecule has 0 spiro atoms. The summed E-state index contributed by atoms with van der Waals surface area (Å²) in [7, 11) is 0. The third kappa shape index (κ3) is 4.10. The van der Waals surface area contributed by atoms with Crippen LogP contribution >= 0.6 is 0 Å². The molecule has 1 aliphatic heterocycles. The Bertz CT molecular complexity index is 598. The predicted octanol–water partition coefficient (Wildman–Crippen LogP) is 2.36. The van der Waals surface area contributed by atoms with E-state index in [-0.39, 0.29) is 17.9 Å². The molecule has 1 aliphatic carbocycles. The van der Waals surface area contributed by atoms with Crippen molar-refractivity contribution in [3.05, 3.63) is 23.8 Å². The number of hydrogen-bond donors (Lipinski definition) is 1. The lowest BCUT2D eigenvalue weighted by Gasteiger charge is -2.25. The molecule has 6 heteroatoms. The molecule has 1 atom stereocenters. The molecule has 2 aliphatic rings. The first-order valence-electron chi connectivity index (χ1n) is 8.99. The summed E-state index contributed by atoms with van der Waals surface area (Å²) in [6.07, 6.45) is 9.20. The maximum absolute atomic E-state index is 12.7. The van der Waals surface area contributed by atoms with Crippen LogP contribution in [-0.4, -0.2) is 33.2 Å². The van der Waals surface area contributed by atoms with E-state index in [1.807, 2.05) is 4.90 Å². The summed E-state index contributed by atoms with van der Waals surface area (Å²) in [6, 6.07) is 1.79. The lowest BCUT2D eigenvalue weighted by atomic mass is 10.0. The fourth-order valence-electron chi connectivity index (χ4n) is 3.80. The van der Waals surface area contributed by atoms with Crippen molar-refractivity contribution in [2.45, 2.75) is 64.5 Å². The molecule has 0 radical (unpaired) electrons. The molecule has 1 aromatic rings. The average molecular weight is 330 g/mol. The van der Waals surface area contributed by atoms with Crippen molar-refractivity contribution in [2.24, 2.45) is 5.92 Å². The maximum atomic E-state index is 12.7. The molecular weight excluding hydrogens is 304 g/mol. The summed E-state index contributed by atoms with van der Waals surface area (Å²) in [4.78, 5) is 34.7. The normalized spacial score (nSPS) is 21.2. The highest BCUT2D eigenvalue weighted by molar-refractivity contribution is 5.77. The van der Waals surface area contributed by atoms with Gasteiger partial charge in [-0.25, -0.2) is 9.97 Å². The lowest BCUT2D eigenvalue weighted by Crippen LogP contribution is -2.32. The van der Waals surface area contributed by atoms with Crippen LogP contribution in [0.4, 0.5) is 0 Å². The van der Waals surface area contributed by atoms with E-state index >= 15 is 0 Å². The summed E-state index contributed by atoms with van der Waals surface area (Å²) in [5.41, 5.74) is 0.783. The van der Waals surface area contributed by atoms with Crippen LogP contribution in [0.1, 0.15) is 69.4 Å². The van der Waals surface area contributed by atoms with E-state index < -0.39 is 0 Å². The van der Waals surface area contributed by atoms with Gasteiger partial charge in [-0.3, -0.25) is 9.59 Å². The maximum Gasteiger partial charge on any atom is 0.223 e. The predicted molar refractivity (Wildman–Crippen MR) is 89.8 cm³/mol. The highest BCUT2D eigenvalue weighted by atomic mass is 16.2. The number of carbonyl (C=O) groups is 2. The van der Waals surface area contributed by atoms with Crippen molar-refractivity contribution in [2.75, 3.05) is 6.54 Å². The Morgan fingerprint density at radius 2 is 2.04 bits per heavy atom. The third-order valence-corrected chi connectivity index (χ3v) is 5.06. The van der Waals surface area contributed by atoms with Gasteiger partial charge in [-0.05, 0) is 37.7 Å². The number of carbonyl (C=O) groups excluding carboxylic acids is 2. The van der Waals surface area contributed by atoms with Crippen molar-refractivity contribution in [1.82, 2.24) is 20.2 Å². The third-order valence-electron chi connectivity index (χ3n) is 5.06. The standard InChI is InChI=1S/C18H26N4O2/c1-13(23)20-12-15-8-9-19-18(21-15)16-7-4-10-22(16)17(24)11-14-5-2-3-6-14/h8-9,14,16H,2-7,10-12H2,1H3,(H,20,23)/t16-/m0/s1. The Kier molecular flexibility index (Phi) is 5.43. The summed E-state index contributed by atoms with van der Waals surface area (Å²) in [5.74, 6) is 1.44. The number of rotatable bonds is 5. The first-order chi connectivity index (χ1) is 11.6. The van der Waals surface area contributed by atoms with Crippen LogP contribution in [0.5, 0.6) is 0 Å². The van der Waals surface area contributed by atoms with Crippen molar-refractivity contribution < 1.29 is 9.59 Å². The van der Waals surface area contributed by atoms with Gasteiger partial charge in [0.25, 0.3) is 0 Å². The molecule has 1 saturated heterocycles. The number of amides is 2. The van der Waals surface area contributed by atoms with Gasteiger partial charge in [0.15, 0.2) is 5.82 Å². The quantitative estimate of drug-likeness (QED) is 0.899. The van der Waals surface area contributed by atoms with E-state index in [2.05, 4.69) is 15.3 Å². The Morgan fingerprint density at radius 1 is 1.25 bits per heavy atom. The molecule has 1 N–H and O–H groups in total. The van der Waals surface area contributed by atoms with E-state index in [0.29, 0.717) is 24.7 Å². The van der Waals surface area contributed by atoms with Gasteiger partial charge in [0.05, 0.1) is 18.3 Å². The molecule has 0 aromatic carbocycles. The first kappa shape index (κ1) is 16.9. The molecule has 130 valence electrons. The fourth-order valence-corrected chi connectivity index (χ4v) is 3.80. The molecule has 1 aromatic heterocycles. The number of nitrogens with zero attached hydrogens (tertiary/aromatic N) is 3. The van der Waals surface area contributed by atoms with Crippen LogP contribution in [0.15, 0.2) is 12.3 Å². The van der Waals surface area contributed by atoms with E-state index in [1.165, 1.54) is 32.6 Å². The van der Waals surface area contributed by atoms with Crippen LogP contribution in [0.3, 0.4) is 0 Å². The van der Waals surface area contributed by atoms with Gasteiger partial charge in [-0.1, -0.05) is 12.8 Å². The van der Waals surface area contributed by atoms with E-state index in [9.17, 15) is 9.59 Å². The number of nitrogens with one attached hydrogen (secondary N) is 1. The molecular formula is C18H26N4O2. The smallest absolute Gasteiger partial charge is 0.223 e. The zero-order valence-electron chi connectivity index (χ0n) is 14.3. The summed E-state index contributed by atoms with van der Waals surface area (Å²) < 4.78 is 0. The monoisotopic (exact) mass is 330 g/mol. The van der Waals surface area contributed by atoms with E-state index in [0.717, 1.165) is 25.1 Å². The second kappa shape index (κ2) is 7.73. The topological polar surface area (TPSA) is 75.2 Å². The number of likely N-dealkylation sites (tertiary alicyclic amines) is 1. The fraction of sp³-hybridized carbons (Fsp3) is 0.667. The molecule has 3 rings (SSSR count). The minimum Gasteiger partial charge on any atom is -0.351 e. The van der Waals surface area contributed by atoms with Gasteiger partial charge in [0.1, 0.15) is 0 Å². The summed E-state index contributed by atoms with van der Waals surface area (Å²) in [6.45, 7) is 2.69. The van der Waals surface area contributed by atoms with E-state index in [1.54, 1.807) is 12.3 Å². The Balaban J connectivity index is 1.66. The molecule has 2 heterocycles. The first-order valence-corrected chi connectivity index (χ1v) is 8.99. The van der Waals surface area contributed by atoms with Gasteiger partial charge < -0.3 is 10.2 Å². The van der Waals surface area contributed by atoms with Crippen molar-refractivity contribution in [3.8, 4) is 0 Å². The van der Waals surface area contributed by atoms with Crippen molar-refractivity contribution in [1.29, 1.82) is 0 Å². The van der Waals surface area contributed by atoms with Gasteiger partial charge in [-0.2, -0.15) is 0 Å². The SMILES string of the molecule is CC(=O)NCc1ccnc([C@@H]2CCCN2C(=O)CC2CCCC2)n1. The largest absolute Gasteiger partial charge is 0.351 e. The highest BCUT2D eigenvalue weighted by Crippen LogP contribution is 2.33. The molecule has 2 amide bonds. The molecule has 0 unspecified atom stereocenters. The minimum absolute atomic E-state index is 0.0174. The van der Waals surface area contributed by atoms with Crippen molar-refractivity contribution in [3.63, 3.8) is 0 Å². The Morgan fingerprint density at radius 3 is 2.79 bits per heavy atom. The zero-order valence-corrected chi connectivity index (χ0v) is 14.3. The molecule has 2 fully saturated rings. The molecule has 1 saturated carbocycles. The second-order valence-electron chi connectivity index (χ2n) is 6.92. The minimum atomic E-state index is -0.0793. The molecule has 0 bridgehead atoms. The van der Waals surface area contributed by atoms with Gasteiger partial charge in [0, 0.05) is 26.1 Å². The van der Waals surface area contributed by atoms with Crippen LogP contribution < -0.4 is 5.32 Å². The van der Waals surface area contributed by atoms with E-state index in [4.69, 9.17) is 0 Å². The van der Waals surface area contributed by atoms with Gasteiger partial charge >= 0.3 is 0 Å². The Hall–Kier alpha value is -1.98.